The monoisotopic (exact) mass is 448 g/mol. The van der Waals surface area contributed by atoms with Gasteiger partial charge in [0.05, 0.1) is 5.56 Å². The Morgan fingerprint density at radius 1 is 1.15 bits per heavy atom. The lowest BCUT2D eigenvalue weighted by Gasteiger charge is -2.09. The molecule has 1 N–H and O–H groups in total. The highest BCUT2D eigenvalue weighted by molar-refractivity contribution is 9.10. The van der Waals surface area contributed by atoms with Crippen molar-refractivity contribution < 1.29 is 18.7 Å². The zero-order valence-electron chi connectivity index (χ0n) is 13.6. The van der Waals surface area contributed by atoms with E-state index >= 15 is 0 Å². The number of carbonyl (C=O) groups is 1. The predicted octanol–water partition coefficient (Wildman–Crippen LogP) is 5.28. The van der Waals surface area contributed by atoms with Gasteiger partial charge in [0.2, 0.25) is 6.79 Å². The second kappa shape index (κ2) is 7.17. The molecule has 0 atom stereocenters. The van der Waals surface area contributed by atoms with Crippen molar-refractivity contribution >= 4 is 39.3 Å². The summed E-state index contributed by atoms with van der Waals surface area (Å²) in [4.78, 5) is 16.5. The molecular formula is C19H11BrClFN2O3. The molecule has 2 aromatic carbocycles. The standard InChI is InChI=1S/C19H11BrClFN2O3/c20-14-7-17-16(26-9-27-17)6-12(14)10-1-4-18(23-8-10)24-19(25)13-5-11(21)2-3-15(13)22/h1-8H,9H2,(H,23,24,25). The van der Waals surface area contributed by atoms with Gasteiger partial charge in [0.1, 0.15) is 11.6 Å². The third-order valence-electron chi connectivity index (χ3n) is 3.95. The molecule has 0 fully saturated rings. The molecule has 136 valence electrons. The first-order valence-corrected chi connectivity index (χ1v) is 9.00. The van der Waals surface area contributed by atoms with Crippen molar-refractivity contribution in [2.24, 2.45) is 0 Å². The summed E-state index contributed by atoms with van der Waals surface area (Å²) in [6, 6.07) is 10.9. The summed E-state index contributed by atoms with van der Waals surface area (Å²) in [5, 5.41) is 2.83. The van der Waals surface area contributed by atoms with E-state index in [1.165, 1.54) is 12.1 Å². The van der Waals surface area contributed by atoms with Crippen LogP contribution in [0, 0.1) is 5.82 Å². The Labute approximate surface area is 167 Å². The molecule has 0 aliphatic carbocycles. The first-order valence-electron chi connectivity index (χ1n) is 7.83. The van der Waals surface area contributed by atoms with E-state index < -0.39 is 11.7 Å². The fraction of sp³-hybridized carbons (Fsp3) is 0.0526. The number of fused-ring (bicyclic) bond motifs is 1. The van der Waals surface area contributed by atoms with Crippen LogP contribution in [0.4, 0.5) is 10.2 Å². The molecule has 4 rings (SSSR count). The van der Waals surface area contributed by atoms with Crippen molar-refractivity contribution in [3.8, 4) is 22.6 Å². The van der Waals surface area contributed by atoms with Crippen LogP contribution in [0.3, 0.4) is 0 Å². The SMILES string of the molecule is O=C(Nc1ccc(-c2cc3c(cc2Br)OCO3)cn1)c1cc(Cl)ccc1F. The number of rotatable bonds is 3. The van der Waals surface area contributed by atoms with Crippen molar-refractivity contribution in [3.05, 3.63) is 69.5 Å². The molecule has 1 aliphatic heterocycles. The fourth-order valence-corrected chi connectivity index (χ4v) is 3.34. The van der Waals surface area contributed by atoms with Gasteiger partial charge < -0.3 is 14.8 Å². The van der Waals surface area contributed by atoms with Crippen LogP contribution in [0.15, 0.2) is 53.1 Å². The molecular weight excluding hydrogens is 439 g/mol. The van der Waals surface area contributed by atoms with Crippen molar-refractivity contribution in [3.63, 3.8) is 0 Å². The minimum absolute atomic E-state index is 0.146. The second-order valence-electron chi connectivity index (χ2n) is 5.70. The third-order valence-corrected chi connectivity index (χ3v) is 4.84. The van der Waals surface area contributed by atoms with Gasteiger partial charge in [-0.3, -0.25) is 4.79 Å². The first kappa shape index (κ1) is 17.8. The molecule has 0 spiro atoms. The van der Waals surface area contributed by atoms with Crippen LogP contribution in [0.2, 0.25) is 5.02 Å². The van der Waals surface area contributed by atoms with E-state index in [4.69, 9.17) is 21.1 Å². The molecule has 8 heteroatoms. The lowest BCUT2D eigenvalue weighted by Crippen LogP contribution is -2.14. The van der Waals surface area contributed by atoms with Gasteiger partial charge in [0, 0.05) is 26.8 Å². The number of pyridine rings is 1. The molecule has 1 amide bonds. The van der Waals surface area contributed by atoms with Crippen LogP contribution < -0.4 is 14.8 Å². The summed E-state index contributed by atoms with van der Waals surface area (Å²) in [5.41, 5.74) is 1.53. The number of anilines is 1. The Hall–Kier alpha value is -2.64. The van der Waals surface area contributed by atoms with E-state index in [-0.39, 0.29) is 17.4 Å². The third kappa shape index (κ3) is 3.61. The molecule has 27 heavy (non-hydrogen) atoms. The van der Waals surface area contributed by atoms with Gasteiger partial charge in [0.25, 0.3) is 5.91 Å². The Kier molecular flexibility index (Phi) is 4.72. The summed E-state index contributed by atoms with van der Waals surface area (Å²) < 4.78 is 25.4. The van der Waals surface area contributed by atoms with Crippen molar-refractivity contribution in [1.29, 1.82) is 0 Å². The van der Waals surface area contributed by atoms with Gasteiger partial charge in [0.15, 0.2) is 11.5 Å². The highest BCUT2D eigenvalue weighted by Gasteiger charge is 2.18. The Bertz CT molecular complexity index is 1040. The van der Waals surface area contributed by atoms with Crippen LogP contribution in [0.25, 0.3) is 11.1 Å². The van der Waals surface area contributed by atoms with E-state index in [2.05, 4.69) is 26.2 Å². The minimum Gasteiger partial charge on any atom is -0.454 e. The number of hydrogen-bond donors (Lipinski definition) is 1. The summed E-state index contributed by atoms with van der Waals surface area (Å²) in [7, 11) is 0. The van der Waals surface area contributed by atoms with Gasteiger partial charge in [-0.2, -0.15) is 0 Å². The number of hydrogen-bond acceptors (Lipinski definition) is 4. The van der Waals surface area contributed by atoms with Crippen molar-refractivity contribution in [2.45, 2.75) is 0 Å². The average Bonchev–Trinajstić information content (AvgIpc) is 3.11. The number of carbonyl (C=O) groups excluding carboxylic acids is 1. The molecule has 1 aromatic heterocycles. The number of aromatic nitrogens is 1. The summed E-state index contributed by atoms with van der Waals surface area (Å²) >= 11 is 9.33. The number of benzene rings is 2. The number of nitrogens with zero attached hydrogens (tertiary/aromatic N) is 1. The quantitative estimate of drug-likeness (QED) is 0.591. The summed E-state index contributed by atoms with van der Waals surface area (Å²) in [5.74, 6) is 0.338. The average molecular weight is 450 g/mol. The van der Waals surface area contributed by atoms with Gasteiger partial charge in [-0.05, 0) is 42.5 Å². The minimum atomic E-state index is -0.655. The molecule has 1 aliphatic rings. The highest BCUT2D eigenvalue weighted by Crippen LogP contribution is 2.41. The smallest absolute Gasteiger partial charge is 0.259 e. The van der Waals surface area contributed by atoms with Crippen molar-refractivity contribution in [2.75, 3.05) is 12.1 Å². The number of amides is 1. The molecule has 0 saturated heterocycles. The molecule has 2 heterocycles. The lowest BCUT2D eigenvalue weighted by atomic mass is 10.1. The second-order valence-corrected chi connectivity index (χ2v) is 6.99. The normalized spacial score (nSPS) is 12.1. The van der Waals surface area contributed by atoms with Gasteiger partial charge in [-0.25, -0.2) is 9.37 Å². The van der Waals surface area contributed by atoms with Gasteiger partial charge in [-0.1, -0.05) is 27.5 Å². The van der Waals surface area contributed by atoms with Gasteiger partial charge in [-0.15, -0.1) is 0 Å². The summed E-state index contributed by atoms with van der Waals surface area (Å²) in [6.45, 7) is 0.189. The topological polar surface area (TPSA) is 60.5 Å². The predicted molar refractivity (Wildman–Crippen MR) is 103 cm³/mol. The molecule has 3 aromatic rings. The molecule has 0 radical (unpaired) electrons. The molecule has 0 unspecified atom stereocenters. The van der Waals surface area contributed by atoms with E-state index in [1.807, 2.05) is 12.1 Å². The van der Waals surface area contributed by atoms with Crippen LogP contribution in [-0.2, 0) is 0 Å². The number of ether oxygens (including phenoxy) is 2. The maximum absolute atomic E-state index is 13.8. The lowest BCUT2D eigenvalue weighted by molar-refractivity contribution is 0.102. The molecule has 0 bridgehead atoms. The van der Waals surface area contributed by atoms with E-state index in [9.17, 15) is 9.18 Å². The van der Waals surface area contributed by atoms with Crippen molar-refractivity contribution in [1.82, 2.24) is 4.98 Å². The maximum Gasteiger partial charge on any atom is 0.259 e. The highest BCUT2D eigenvalue weighted by atomic mass is 79.9. The fourth-order valence-electron chi connectivity index (χ4n) is 2.62. The Morgan fingerprint density at radius 2 is 1.93 bits per heavy atom. The molecule has 0 saturated carbocycles. The Morgan fingerprint density at radius 3 is 2.67 bits per heavy atom. The first-order chi connectivity index (χ1) is 13.0. The zero-order valence-corrected chi connectivity index (χ0v) is 16.0. The van der Waals surface area contributed by atoms with Crippen LogP contribution in [0.5, 0.6) is 11.5 Å². The maximum atomic E-state index is 13.8. The van der Waals surface area contributed by atoms with Crippen LogP contribution in [0.1, 0.15) is 10.4 Å². The molecule has 5 nitrogen and oxygen atoms in total. The van der Waals surface area contributed by atoms with E-state index in [1.54, 1.807) is 18.3 Å². The summed E-state index contributed by atoms with van der Waals surface area (Å²) in [6.07, 6.45) is 1.60. The number of nitrogens with one attached hydrogen (secondary N) is 1. The van der Waals surface area contributed by atoms with Gasteiger partial charge >= 0.3 is 0 Å². The zero-order chi connectivity index (χ0) is 19.0. The Balaban J connectivity index is 1.56. The van der Waals surface area contributed by atoms with E-state index in [0.29, 0.717) is 17.3 Å². The van der Waals surface area contributed by atoms with Crippen LogP contribution >= 0.6 is 27.5 Å². The van der Waals surface area contributed by atoms with Crippen LogP contribution in [-0.4, -0.2) is 17.7 Å². The van der Waals surface area contributed by atoms with E-state index in [0.717, 1.165) is 21.7 Å². The largest absolute Gasteiger partial charge is 0.454 e. The number of halogens is 3.